The third-order valence-corrected chi connectivity index (χ3v) is 3.95. The number of methoxy groups -OCH3 is 1. The molecule has 2 rings (SSSR count). The number of hydrogen-bond donors (Lipinski definition) is 2. The highest BCUT2D eigenvalue weighted by Gasteiger charge is 2.33. The summed E-state index contributed by atoms with van der Waals surface area (Å²) < 4.78 is 5.39. The van der Waals surface area contributed by atoms with Crippen LogP contribution < -0.4 is 10.5 Å². The highest BCUT2D eigenvalue weighted by atomic mass is 16.5. The summed E-state index contributed by atoms with van der Waals surface area (Å²) in [4.78, 5) is 2.29. The van der Waals surface area contributed by atoms with Crippen molar-refractivity contribution >= 4 is 5.84 Å². The summed E-state index contributed by atoms with van der Waals surface area (Å²) in [5.74, 6) is 2.61. The van der Waals surface area contributed by atoms with E-state index in [4.69, 9.17) is 15.7 Å². The van der Waals surface area contributed by atoms with Crippen LogP contribution in [0.1, 0.15) is 24.5 Å². The topological polar surface area (TPSA) is 71.1 Å². The zero-order valence-electron chi connectivity index (χ0n) is 12.3. The molecule has 0 saturated heterocycles. The molecule has 1 aliphatic carbocycles. The van der Waals surface area contributed by atoms with Gasteiger partial charge in [0.25, 0.3) is 0 Å². The maximum Gasteiger partial charge on any atom is 0.170 e. The van der Waals surface area contributed by atoms with Crippen LogP contribution in [-0.4, -0.2) is 36.6 Å². The lowest BCUT2D eigenvalue weighted by Crippen LogP contribution is -2.22. The van der Waals surface area contributed by atoms with E-state index in [2.05, 4.69) is 24.0 Å². The molecule has 1 fully saturated rings. The minimum atomic E-state index is 0.118. The molecule has 0 aromatic heterocycles. The average Bonchev–Trinajstić information content (AvgIpc) is 3.12. The molecule has 0 aliphatic heterocycles. The smallest absolute Gasteiger partial charge is 0.170 e. The standard InChI is InChI=1S/C15H23N3O2/c1-10-6-12(10)8-18(2)9-13-7-11(15(16)17-19)4-5-14(13)20-3/h4-5,7,10,12,19H,6,8-9H2,1-3H3,(H2,16,17). The average molecular weight is 277 g/mol. The van der Waals surface area contributed by atoms with Crippen molar-refractivity contribution in [3.63, 3.8) is 0 Å². The van der Waals surface area contributed by atoms with Gasteiger partial charge in [-0.1, -0.05) is 12.1 Å². The van der Waals surface area contributed by atoms with E-state index >= 15 is 0 Å². The molecule has 110 valence electrons. The van der Waals surface area contributed by atoms with E-state index in [0.717, 1.165) is 36.2 Å². The number of ether oxygens (including phenoxy) is 1. The van der Waals surface area contributed by atoms with Gasteiger partial charge in [0.05, 0.1) is 7.11 Å². The number of hydrogen-bond acceptors (Lipinski definition) is 4. The third kappa shape index (κ3) is 3.42. The van der Waals surface area contributed by atoms with E-state index in [0.29, 0.717) is 5.56 Å². The highest BCUT2D eigenvalue weighted by Crippen LogP contribution is 2.38. The van der Waals surface area contributed by atoms with Gasteiger partial charge in [0.15, 0.2) is 5.84 Å². The second kappa shape index (κ2) is 6.13. The fourth-order valence-electron chi connectivity index (χ4n) is 2.53. The molecule has 1 aliphatic rings. The van der Waals surface area contributed by atoms with Gasteiger partial charge in [0, 0.05) is 24.2 Å². The number of nitrogens with two attached hydrogens (primary N) is 1. The number of oxime groups is 1. The first kappa shape index (κ1) is 14.7. The Labute approximate surface area is 120 Å². The van der Waals surface area contributed by atoms with Gasteiger partial charge >= 0.3 is 0 Å². The molecular weight excluding hydrogens is 254 g/mol. The second-order valence-corrected chi connectivity index (χ2v) is 5.68. The van der Waals surface area contributed by atoms with Crippen LogP contribution in [0.5, 0.6) is 5.75 Å². The molecule has 3 N–H and O–H groups in total. The minimum absolute atomic E-state index is 0.118. The van der Waals surface area contributed by atoms with Crippen LogP contribution in [0.25, 0.3) is 0 Å². The Kier molecular flexibility index (Phi) is 4.49. The van der Waals surface area contributed by atoms with Crippen LogP contribution in [0, 0.1) is 11.8 Å². The molecule has 0 bridgehead atoms. The molecule has 0 heterocycles. The van der Waals surface area contributed by atoms with Crippen LogP contribution in [0.3, 0.4) is 0 Å². The van der Waals surface area contributed by atoms with E-state index in [1.165, 1.54) is 6.42 Å². The molecule has 2 atom stereocenters. The monoisotopic (exact) mass is 277 g/mol. The summed E-state index contributed by atoms with van der Waals surface area (Å²) in [6.45, 7) is 4.18. The van der Waals surface area contributed by atoms with Gasteiger partial charge in [-0.25, -0.2) is 0 Å². The van der Waals surface area contributed by atoms with Gasteiger partial charge in [-0.2, -0.15) is 0 Å². The summed E-state index contributed by atoms with van der Waals surface area (Å²) in [5.41, 5.74) is 7.39. The van der Waals surface area contributed by atoms with Crippen LogP contribution in [-0.2, 0) is 6.54 Å². The van der Waals surface area contributed by atoms with Crippen molar-refractivity contribution < 1.29 is 9.94 Å². The fourth-order valence-corrected chi connectivity index (χ4v) is 2.53. The van der Waals surface area contributed by atoms with E-state index in [1.807, 2.05) is 12.1 Å². The third-order valence-electron chi connectivity index (χ3n) is 3.95. The van der Waals surface area contributed by atoms with E-state index in [-0.39, 0.29) is 5.84 Å². The Balaban J connectivity index is 2.11. The number of amidine groups is 1. The summed E-state index contributed by atoms with van der Waals surface area (Å²) in [7, 11) is 3.77. The van der Waals surface area contributed by atoms with Gasteiger partial charge in [0.2, 0.25) is 0 Å². The van der Waals surface area contributed by atoms with Gasteiger partial charge < -0.3 is 20.6 Å². The molecule has 1 aromatic carbocycles. The first-order valence-corrected chi connectivity index (χ1v) is 6.88. The van der Waals surface area contributed by atoms with Gasteiger partial charge in [0.1, 0.15) is 5.75 Å². The Morgan fingerprint density at radius 3 is 2.80 bits per heavy atom. The lowest BCUT2D eigenvalue weighted by atomic mass is 10.1. The summed E-state index contributed by atoms with van der Waals surface area (Å²) in [6.07, 6.45) is 1.33. The molecule has 0 amide bonds. The van der Waals surface area contributed by atoms with Crippen molar-refractivity contribution in [1.29, 1.82) is 0 Å². The predicted octanol–water partition coefficient (Wildman–Crippen LogP) is 1.88. The molecule has 20 heavy (non-hydrogen) atoms. The Morgan fingerprint density at radius 1 is 1.55 bits per heavy atom. The van der Waals surface area contributed by atoms with Crippen molar-refractivity contribution in [3.8, 4) is 5.75 Å². The maximum atomic E-state index is 8.77. The first-order valence-electron chi connectivity index (χ1n) is 6.88. The van der Waals surface area contributed by atoms with Crippen LogP contribution in [0.4, 0.5) is 0 Å². The molecular formula is C15H23N3O2. The zero-order valence-corrected chi connectivity index (χ0v) is 12.3. The van der Waals surface area contributed by atoms with Crippen molar-refractivity contribution in [2.75, 3.05) is 20.7 Å². The summed E-state index contributed by atoms with van der Waals surface area (Å²) in [5, 5.41) is 11.8. The molecule has 5 heteroatoms. The van der Waals surface area contributed by atoms with Gasteiger partial charge in [-0.15, -0.1) is 0 Å². The number of rotatable bonds is 6. The molecule has 0 radical (unpaired) electrons. The number of benzene rings is 1. The van der Waals surface area contributed by atoms with Crippen molar-refractivity contribution in [2.24, 2.45) is 22.7 Å². The largest absolute Gasteiger partial charge is 0.496 e. The van der Waals surface area contributed by atoms with Crippen molar-refractivity contribution in [2.45, 2.75) is 19.9 Å². The molecule has 0 spiro atoms. The zero-order chi connectivity index (χ0) is 14.7. The minimum Gasteiger partial charge on any atom is -0.496 e. The van der Waals surface area contributed by atoms with Gasteiger partial charge in [-0.05, 0) is 43.5 Å². The Hall–Kier alpha value is -1.75. The Bertz CT molecular complexity index is 502. The second-order valence-electron chi connectivity index (χ2n) is 5.68. The maximum absolute atomic E-state index is 8.77. The number of nitrogens with zero attached hydrogens (tertiary/aromatic N) is 2. The van der Waals surface area contributed by atoms with Crippen molar-refractivity contribution in [3.05, 3.63) is 29.3 Å². The van der Waals surface area contributed by atoms with Gasteiger partial charge in [-0.3, -0.25) is 0 Å². The van der Waals surface area contributed by atoms with Crippen molar-refractivity contribution in [1.82, 2.24) is 4.90 Å². The quantitative estimate of drug-likeness (QED) is 0.360. The molecule has 2 unspecified atom stereocenters. The normalized spacial score (nSPS) is 22.1. The molecule has 1 aromatic rings. The lowest BCUT2D eigenvalue weighted by molar-refractivity contribution is 0.300. The Morgan fingerprint density at radius 2 is 2.25 bits per heavy atom. The van der Waals surface area contributed by atoms with E-state index in [1.54, 1.807) is 13.2 Å². The fraction of sp³-hybridized carbons (Fsp3) is 0.533. The summed E-state index contributed by atoms with van der Waals surface area (Å²) in [6, 6.07) is 5.57. The van der Waals surface area contributed by atoms with E-state index < -0.39 is 0 Å². The van der Waals surface area contributed by atoms with Crippen LogP contribution >= 0.6 is 0 Å². The first-order chi connectivity index (χ1) is 9.55. The lowest BCUT2D eigenvalue weighted by Gasteiger charge is -2.19. The predicted molar refractivity (Wildman–Crippen MR) is 79.1 cm³/mol. The SMILES string of the molecule is COc1ccc(/C(N)=N/O)cc1CN(C)CC1CC1C. The highest BCUT2D eigenvalue weighted by molar-refractivity contribution is 5.97. The summed E-state index contributed by atoms with van der Waals surface area (Å²) >= 11 is 0. The van der Waals surface area contributed by atoms with Crippen LogP contribution in [0.2, 0.25) is 0 Å². The molecule has 1 saturated carbocycles. The molecule has 5 nitrogen and oxygen atoms in total. The van der Waals surface area contributed by atoms with E-state index in [9.17, 15) is 0 Å². The van der Waals surface area contributed by atoms with Crippen LogP contribution in [0.15, 0.2) is 23.4 Å².